The summed E-state index contributed by atoms with van der Waals surface area (Å²) in [5.74, 6) is 0.150. The van der Waals surface area contributed by atoms with E-state index in [1.165, 1.54) is 51.3 Å². The van der Waals surface area contributed by atoms with Crippen LogP contribution in [0.2, 0.25) is 0 Å². The Morgan fingerprint density at radius 2 is 1.75 bits per heavy atom. The van der Waals surface area contributed by atoms with Crippen LogP contribution in [-0.2, 0) is 6.18 Å². The van der Waals surface area contributed by atoms with Crippen LogP contribution in [0.1, 0.15) is 82.3 Å². The average molecular weight is 401 g/mol. The van der Waals surface area contributed by atoms with Crippen LogP contribution in [0.5, 0.6) is 0 Å². The van der Waals surface area contributed by atoms with Crippen molar-refractivity contribution in [1.82, 2.24) is 4.90 Å². The maximum absolute atomic E-state index is 13.2. The fraction of sp³-hybridized carbons (Fsp3) is 0.739. The molecule has 1 atom stereocenters. The van der Waals surface area contributed by atoms with E-state index in [2.05, 4.69) is 31.5 Å². The molecule has 0 amide bonds. The van der Waals surface area contributed by atoms with Crippen LogP contribution in [0.4, 0.5) is 13.2 Å². The largest absolute Gasteiger partial charge is 0.416 e. The predicted octanol–water partition coefficient (Wildman–Crippen LogP) is 6.46. The lowest BCUT2D eigenvalue weighted by Crippen LogP contribution is -2.36. The molecule has 5 heteroatoms. The smallest absolute Gasteiger partial charge is 0.333 e. The van der Waals surface area contributed by atoms with Gasteiger partial charge in [0.25, 0.3) is 0 Å². The Balaban J connectivity index is 0.00000190. The van der Waals surface area contributed by atoms with Gasteiger partial charge in [0, 0.05) is 12.5 Å². The highest BCUT2D eigenvalue weighted by Gasteiger charge is 2.38. The number of benzene rings is 1. The first-order chi connectivity index (χ1) is 13.3. The average Bonchev–Trinajstić information content (AvgIpc) is 2.68. The third kappa shape index (κ3) is 7.40. The highest BCUT2D eigenvalue weighted by molar-refractivity contribution is 5.30. The summed E-state index contributed by atoms with van der Waals surface area (Å²) in [4.78, 5) is 2.32. The molecule has 0 aliphatic heterocycles. The predicted molar refractivity (Wildman–Crippen MR) is 113 cm³/mol. The molecule has 1 aliphatic carbocycles. The molecule has 2 nitrogen and oxygen atoms in total. The fourth-order valence-corrected chi connectivity index (χ4v) is 4.40. The Kier molecular flexibility index (Phi) is 10.5. The van der Waals surface area contributed by atoms with Gasteiger partial charge in [0.15, 0.2) is 0 Å². The minimum absolute atomic E-state index is 0.0848. The molecule has 1 aromatic rings. The second kappa shape index (κ2) is 11.8. The Hall–Kier alpha value is -1.07. The van der Waals surface area contributed by atoms with E-state index in [0.29, 0.717) is 0 Å². The molecule has 1 aromatic carbocycles. The van der Waals surface area contributed by atoms with Crippen LogP contribution >= 0.6 is 0 Å². The zero-order valence-electron chi connectivity index (χ0n) is 18.1. The van der Waals surface area contributed by atoms with Gasteiger partial charge in [-0.15, -0.1) is 0 Å². The molecular weight excluding hydrogens is 361 g/mol. The summed E-state index contributed by atoms with van der Waals surface area (Å²) < 4.78 is 39.7. The van der Waals surface area contributed by atoms with Gasteiger partial charge in [0.1, 0.15) is 0 Å². The van der Waals surface area contributed by atoms with E-state index >= 15 is 0 Å². The summed E-state index contributed by atoms with van der Waals surface area (Å²) >= 11 is 0. The molecule has 0 heterocycles. The number of likely N-dealkylation sites (N-methyl/N-ethyl adjacent to an activating group) is 1. The Labute approximate surface area is 169 Å². The molecule has 2 rings (SSSR count). The molecule has 162 valence electrons. The summed E-state index contributed by atoms with van der Waals surface area (Å²) in [5.41, 5.74) is 4.92. The van der Waals surface area contributed by atoms with E-state index in [1.54, 1.807) is 6.07 Å². The van der Waals surface area contributed by atoms with Crippen molar-refractivity contribution in [3.05, 3.63) is 35.4 Å². The molecule has 0 radical (unpaired) electrons. The third-order valence-electron chi connectivity index (χ3n) is 6.09. The molecule has 1 saturated carbocycles. The van der Waals surface area contributed by atoms with Crippen molar-refractivity contribution in [1.29, 1.82) is 0 Å². The number of nitrogens with two attached hydrogens (primary N) is 1. The topological polar surface area (TPSA) is 29.3 Å². The quantitative estimate of drug-likeness (QED) is 0.508. The molecule has 0 saturated heterocycles. The maximum Gasteiger partial charge on any atom is 0.416 e. The summed E-state index contributed by atoms with van der Waals surface area (Å²) in [6, 6.07) is 6.06. The summed E-state index contributed by atoms with van der Waals surface area (Å²) in [5, 5.41) is 0. The molecule has 0 aromatic heterocycles. The van der Waals surface area contributed by atoms with Gasteiger partial charge in [0.05, 0.1) is 5.56 Å². The number of alkyl halides is 3. The molecule has 28 heavy (non-hydrogen) atoms. The first kappa shape index (κ1) is 25.0. The van der Waals surface area contributed by atoms with E-state index < -0.39 is 11.7 Å². The van der Waals surface area contributed by atoms with E-state index in [-0.39, 0.29) is 11.3 Å². The van der Waals surface area contributed by atoms with Crippen molar-refractivity contribution in [2.24, 2.45) is 11.1 Å². The highest BCUT2D eigenvalue weighted by atomic mass is 19.4. The van der Waals surface area contributed by atoms with Gasteiger partial charge >= 0.3 is 6.18 Å². The highest BCUT2D eigenvalue weighted by Crippen LogP contribution is 2.48. The lowest BCUT2D eigenvalue weighted by Gasteiger charge is -2.43. The number of hydrogen-bond acceptors (Lipinski definition) is 2. The molecule has 1 aliphatic rings. The van der Waals surface area contributed by atoms with Crippen LogP contribution < -0.4 is 5.73 Å². The SMILES string of the molecule is CCCCCN(C)CC(c1cccc(C(F)(F)F)c1)C1(C)CCCCC1.CN. The van der Waals surface area contributed by atoms with Gasteiger partial charge in [-0.25, -0.2) is 0 Å². The molecule has 0 spiro atoms. The van der Waals surface area contributed by atoms with Crippen LogP contribution in [0.15, 0.2) is 24.3 Å². The molecular formula is C23H39F3N2. The number of nitrogens with zero attached hydrogens (tertiary/aromatic N) is 1. The lowest BCUT2D eigenvalue weighted by atomic mass is 9.64. The Morgan fingerprint density at radius 1 is 1.11 bits per heavy atom. The maximum atomic E-state index is 13.2. The van der Waals surface area contributed by atoms with Gasteiger partial charge in [-0.1, -0.05) is 64.2 Å². The zero-order chi connectivity index (χ0) is 21.2. The first-order valence-electron chi connectivity index (χ1n) is 10.7. The monoisotopic (exact) mass is 400 g/mol. The summed E-state index contributed by atoms with van der Waals surface area (Å²) in [6.07, 6.45) is 5.10. The minimum Gasteiger partial charge on any atom is -0.333 e. The van der Waals surface area contributed by atoms with Gasteiger partial charge in [-0.3, -0.25) is 0 Å². The van der Waals surface area contributed by atoms with Crippen LogP contribution in [0.3, 0.4) is 0 Å². The van der Waals surface area contributed by atoms with E-state index in [4.69, 9.17) is 0 Å². The molecule has 1 fully saturated rings. The van der Waals surface area contributed by atoms with Crippen molar-refractivity contribution in [2.45, 2.75) is 77.3 Å². The first-order valence-corrected chi connectivity index (χ1v) is 10.7. The second-order valence-electron chi connectivity index (χ2n) is 8.36. The van der Waals surface area contributed by atoms with Crippen LogP contribution in [0, 0.1) is 5.41 Å². The van der Waals surface area contributed by atoms with Gasteiger partial charge in [-0.05, 0) is 56.9 Å². The third-order valence-corrected chi connectivity index (χ3v) is 6.09. The number of hydrogen-bond donors (Lipinski definition) is 1. The van der Waals surface area contributed by atoms with Crippen LogP contribution in [-0.4, -0.2) is 32.1 Å². The van der Waals surface area contributed by atoms with Crippen molar-refractivity contribution < 1.29 is 13.2 Å². The zero-order valence-corrected chi connectivity index (χ0v) is 18.1. The minimum atomic E-state index is -4.28. The van der Waals surface area contributed by atoms with E-state index in [1.807, 2.05) is 6.07 Å². The van der Waals surface area contributed by atoms with Crippen molar-refractivity contribution in [3.8, 4) is 0 Å². The normalized spacial score (nSPS) is 17.8. The Morgan fingerprint density at radius 3 is 2.32 bits per heavy atom. The van der Waals surface area contributed by atoms with Gasteiger partial charge in [-0.2, -0.15) is 13.2 Å². The number of halogens is 3. The van der Waals surface area contributed by atoms with Crippen molar-refractivity contribution in [2.75, 3.05) is 27.2 Å². The van der Waals surface area contributed by atoms with E-state index in [9.17, 15) is 13.2 Å². The van der Waals surface area contributed by atoms with Gasteiger partial charge in [0.2, 0.25) is 0 Å². The van der Waals surface area contributed by atoms with E-state index in [0.717, 1.165) is 37.9 Å². The summed E-state index contributed by atoms with van der Waals surface area (Å²) in [7, 11) is 3.61. The molecule has 1 unspecified atom stereocenters. The molecule has 2 N–H and O–H groups in total. The van der Waals surface area contributed by atoms with Crippen molar-refractivity contribution >= 4 is 0 Å². The summed E-state index contributed by atoms with van der Waals surface area (Å²) in [6.45, 7) is 6.33. The molecule has 0 bridgehead atoms. The second-order valence-corrected chi connectivity index (χ2v) is 8.36. The van der Waals surface area contributed by atoms with Crippen LogP contribution in [0.25, 0.3) is 0 Å². The van der Waals surface area contributed by atoms with Gasteiger partial charge < -0.3 is 10.6 Å². The number of unbranched alkanes of at least 4 members (excludes halogenated alkanes) is 2. The number of rotatable bonds is 8. The lowest BCUT2D eigenvalue weighted by molar-refractivity contribution is -0.137. The standard InChI is InChI=1S/C22H34F3N.CH5N/c1-4-5-9-15-26(3)17-20(21(2)13-7-6-8-14-21)18-11-10-12-19(16-18)22(23,24)25;1-2/h10-12,16,20H,4-9,13-15,17H2,1-3H3;2H2,1H3. The fourth-order valence-electron chi connectivity index (χ4n) is 4.40. The Bertz CT molecular complexity index is 551. The van der Waals surface area contributed by atoms with Crippen molar-refractivity contribution in [3.63, 3.8) is 0 Å².